The molecule has 0 radical (unpaired) electrons. The number of phenolic OH excluding ortho intramolecular Hbond substituents is 1. The van der Waals surface area contributed by atoms with Gasteiger partial charge in [-0.2, -0.15) is 0 Å². The average molecular weight is 212 g/mol. The summed E-state index contributed by atoms with van der Waals surface area (Å²) in [5.41, 5.74) is 0.458. The third kappa shape index (κ3) is 2.52. The summed E-state index contributed by atoms with van der Waals surface area (Å²) in [5.74, 6) is -0.493. The number of carboxylic acid groups (broad SMARTS) is 1. The number of aliphatic carboxylic acids is 1. The van der Waals surface area contributed by atoms with E-state index < -0.39 is 5.97 Å². The van der Waals surface area contributed by atoms with Crippen LogP contribution in [-0.2, 0) is 11.2 Å². The predicted octanol–water partition coefficient (Wildman–Crippen LogP) is 1.04. The minimum Gasteiger partial charge on any atom is -0.504 e. The Kier molecular flexibility index (Phi) is 3.38. The number of phenols is 1. The van der Waals surface area contributed by atoms with Gasteiger partial charge in [-0.3, -0.25) is 4.79 Å². The Labute approximate surface area is 86.9 Å². The van der Waals surface area contributed by atoms with E-state index in [9.17, 15) is 9.90 Å². The molecule has 82 valence electrons. The molecule has 0 spiro atoms. The number of hydrogen-bond donors (Lipinski definition) is 2. The van der Waals surface area contributed by atoms with E-state index >= 15 is 0 Å². The first kappa shape index (κ1) is 11.2. The van der Waals surface area contributed by atoms with Gasteiger partial charge in [0.05, 0.1) is 20.6 Å². The quantitative estimate of drug-likeness (QED) is 0.779. The maximum Gasteiger partial charge on any atom is 0.307 e. The summed E-state index contributed by atoms with van der Waals surface area (Å²) in [6, 6.07) is 2.78. The van der Waals surface area contributed by atoms with Crippen LogP contribution in [0.4, 0.5) is 0 Å². The first-order valence-corrected chi connectivity index (χ1v) is 4.24. The number of aromatic hydroxyl groups is 1. The van der Waals surface area contributed by atoms with Gasteiger partial charge in [0.1, 0.15) is 5.75 Å². The Morgan fingerprint density at radius 2 is 1.87 bits per heavy atom. The molecule has 5 nitrogen and oxygen atoms in total. The molecule has 1 aromatic rings. The van der Waals surface area contributed by atoms with Crippen LogP contribution < -0.4 is 9.47 Å². The van der Waals surface area contributed by atoms with Gasteiger partial charge in [0, 0.05) is 11.6 Å². The first-order valence-electron chi connectivity index (χ1n) is 4.24. The Hall–Kier alpha value is -1.91. The van der Waals surface area contributed by atoms with Gasteiger partial charge in [-0.25, -0.2) is 0 Å². The van der Waals surface area contributed by atoms with E-state index in [0.29, 0.717) is 11.3 Å². The van der Waals surface area contributed by atoms with Crippen LogP contribution in [0.15, 0.2) is 12.1 Å². The van der Waals surface area contributed by atoms with Crippen LogP contribution in [0.3, 0.4) is 0 Å². The molecule has 0 saturated heterocycles. The van der Waals surface area contributed by atoms with Crippen molar-refractivity contribution in [2.24, 2.45) is 0 Å². The Morgan fingerprint density at radius 3 is 2.33 bits per heavy atom. The lowest BCUT2D eigenvalue weighted by molar-refractivity contribution is -0.136. The van der Waals surface area contributed by atoms with Crippen LogP contribution in [0.1, 0.15) is 5.56 Å². The summed E-state index contributed by atoms with van der Waals surface area (Å²) in [6.45, 7) is 0. The second-order valence-electron chi connectivity index (χ2n) is 2.91. The highest BCUT2D eigenvalue weighted by atomic mass is 16.5. The monoisotopic (exact) mass is 212 g/mol. The number of rotatable bonds is 4. The molecule has 0 aliphatic rings. The maximum atomic E-state index is 10.6. The van der Waals surface area contributed by atoms with Crippen LogP contribution in [0.5, 0.6) is 17.2 Å². The molecule has 0 unspecified atom stereocenters. The fourth-order valence-corrected chi connectivity index (χ4v) is 1.25. The zero-order chi connectivity index (χ0) is 11.4. The fraction of sp³-hybridized carbons (Fsp3) is 0.300. The van der Waals surface area contributed by atoms with E-state index in [4.69, 9.17) is 14.6 Å². The summed E-state index contributed by atoms with van der Waals surface area (Å²) in [5, 5.41) is 18.1. The number of benzene rings is 1. The largest absolute Gasteiger partial charge is 0.504 e. The van der Waals surface area contributed by atoms with E-state index in [0.717, 1.165) is 0 Å². The van der Waals surface area contributed by atoms with E-state index in [1.807, 2.05) is 0 Å². The number of hydrogen-bond acceptors (Lipinski definition) is 4. The molecule has 0 aromatic heterocycles. The van der Waals surface area contributed by atoms with Gasteiger partial charge in [0.2, 0.25) is 0 Å². The number of carbonyl (C=O) groups is 1. The van der Waals surface area contributed by atoms with E-state index in [1.165, 1.54) is 26.4 Å². The van der Waals surface area contributed by atoms with Gasteiger partial charge < -0.3 is 19.7 Å². The third-order valence-corrected chi connectivity index (χ3v) is 1.92. The Morgan fingerprint density at radius 1 is 1.27 bits per heavy atom. The minimum atomic E-state index is -0.971. The van der Waals surface area contributed by atoms with Crippen LogP contribution in [0.25, 0.3) is 0 Å². The minimum absolute atomic E-state index is 0.0801. The summed E-state index contributed by atoms with van der Waals surface area (Å²) in [6.07, 6.45) is -0.181. The van der Waals surface area contributed by atoms with Crippen molar-refractivity contribution in [1.29, 1.82) is 0 Å². The van der Waals surface area contributed by atoms with Crippen LogP contribution in [-0.4, -0.2) is 30.4 Å². The molecule has 2 N–H and O–H groups in total. The average Bonchev–Trinajstić information content (AvgIpc) is 2.19. The summed E-state index contributed by atoms with van der Waals surface area (Å²) < 4.78 is 9.82. The van der Waals surface area contributed by atoms with E-state index in [2.05, 4.69) is 0 Å². The highest BCUT2D eigenvalue weighted by molar-refractivity contribution is 5.72. The highest BCUT2D eigenvalue weighted by Crippen LogP contribution is 2.33. The summed E-state index contributed by atoms with van der Waals surface area (Å²) in [7, 11) is 2.80. The molecule has 0 aliphatic carbocycles. The Bertz CT molecular complexity index is 372. The van der Waals surface area contributed by atoms with Crippen molar-refractivity contribution >= 4 is 5.97 Å². The molecule has 1 aromatic carbocycles. The SMILES string of the molecule is COc1cc(CC(=O)O)c(OC)cc1O. The lowest BCUT2D eigenvalue weighted by atomic mass is 10.1. The lowest BCUT2D eigenvalue weighted by Gasteiger charge is -2.10. The molecular weight excluding hydrogens is 200 g/mol. The van der Waals surface area contributed by atoms with Crippen LogP contribution >= 0.6 is 0 Å². The van der Waals surface area contributed by atoms with Crippen molar-refractivity contribution in [1.82, 2.24) is 0 Å². The van der Waals surface area contributed by atoms with Gasteiger partial charge in [0.25, 0.3) is 0 Å². The second-order valence-corrected chi connectivity index (χ2v) is 2.91. The highest BCUT2D eigenvalue weighted by Gasteiger charge is 2.12. The second kappa shape index (κ2) is 4.54. The Balaban J connectivity index is 3.16. The normalized spacial score (nSPS) is 9.73. The molecule has 0 aliphatic heterocycles. The van der Waals surface area contributed by atoms with Crippen molar-refractivity contribution in [2.75, 3.05) is 14.2 Å². The van der Waals surface area contributed by atoms with Crippen molar-refractivity contribution in [2.45, 2.75) is 6.42 Å². The smallest absolute Gasteiger partial charge is 0.307 e. The maximum absolute atomic E-state index is 10.6. The molecular formula is C10H12O5. The topological polar surface area (TPSA) is 76.0 Å². The first-order chi connectivity index (χ1) is 7.08. The van der Waals surface area contributed by atoms with Crippen molar-refractivity contribution in [3.63, 3.8) is 0 Å². The standard InChI is InChI=1S/C10H12O5/c1-14-8-5-7(11)9(15-2)3-6(8)4-10(12)13/h3,5,11H,4H2,1-2H3,(H,12,13). The van der Waals surface area contributed by atoms with Crippen LogP contribution in [0, 0.1) is 0 Å². The zero-order valence-electron chi connectivity index (χ0n) is 8.48. The van der Waals surface area contributed by atoms with Crippen LogP contribution in [0.2, 0.25) is 0 Å². The molecule has 15 heavy (non-hydrogen) atoms. The molecule has 0 amide bonds. The molecule has 0 fully saturated rings. The fourth-order valence-electron chi connectivity index (χ4n) is 1.25. The van der Waals surface area contributed by atoms with Gasteiger partial charge in [-0.1, -0.05) is 0 Å². The number of carboxylic acids is 1. The molecule has 0 bridgehead atoms. The van der Waals surface area contributed by atoms with Crippen molar-refractivity contribution in [3.8, 4) is 17.2 Å². The number of ether oxygens (including phenoxy) is 2. The molecule has 0 saturated carbocycles. The lowest BCUT2D eigenvalue weighted by Crippen LogP contribution is -2.02. The third-order valence-electron chi connectivity index (χ3n) is 1.92. The molecule has 0 heterocycles. The predicted molar refractivity (Wildman–Crippen MR) is 52.6 cm³/mol. The zero-order valence-corrected chi connectivity index (χ0v) is 8.48. The number of methoxy groups -OCH3 is 2. The molecule has 0 atom stereocenters. The summed E-state index contributed by atoms with van der Waals surface area (Å²) >= 11 is 0. The van der Waals surface area contributed by atoms with Crippen molar-refractivity contribution in [3.05, 3.63) is 17.7 Å². The van der Waals surface area contributed by atoms with E-state index in [-0.39, 0.29) is 17.9 Å². The van der Waals surface area contributed by atoms with E-state index in [1.54, 1.807) is 0 Å². The van der Waals surface area contributed by atoms with Gasteiger partial charge in [-0.15, -0.1) is 0 Å². The van der Waals surface area contributed by atoms with Gasteiger partial charge in [-0.05, 0) is 6.07 Å². The van der Waals surface area contributed by atoms with Gasteiger partial charge in [0.15, 0.2) is 11.5 Å². The molecule has 5 heteroatoms. The van der Waals surface area contributed by atoms with Crippen molar-refractivity contribution < 1.29 is 24.5 Å². The summed E-state index contributed by atoms with van der Waals surface area (Å²) in [4.78, 5) is 10.6. The van der Waals surface area contributed by atoms with Gasteiger partial charge >= 0.3 is 5.97 Å². The molecule has 1 rings (SSSR count).